The summed E-state index contributed by atoms with van der Waals surface area (Å²) in [4.78, 5) is 12.6. The van der Waals surface area contributed by atoms with Gasteiger partial charge in [0.1, 0.15) is 5.75 Å². The molecule has 1 aliphatic heterocycles. The van der Waals surface area contributed by atoms with Crippen LogP contribution in [0, 0.1) is 0 Å². The molecule has 1 aromatic rings. The second kappa shape index (κ2) is 4.82. The van der Waals surface area contributed by atoms with Gasteiger partial charge in [-0.3, -0.25) is 4.79 Å². The van der Waals surface area contributed by atoms with E-state index in [1.807, 2.05) is 18.2 Å². The highest BCUT2D eigenvalue weighted by molar-refractivity contribution is 8.00. The second-order valence-corrected chi connectivity index (χ2v) is 6.75. The number of ether oxygens (including phenoxy) is 1. The zero-order chi connectivity index (χ0) is 13.3. The average molecular weight is 266 g/mol. The summed E-state index contributed by atoms with van der Waals surface area (Å²) >= 11 is 1.69. The number of nitrogens with one attached hydrogen (secondary N) is 1. The van der Waals surface area contributed by atoms with Crippen LogP contribution in [0.25, 0.3) is 0 Å². The van der Waals surface area contributed by atoms with Crippen LogP contribution in [-0.2, 0) is 4.79 Å². The number of anilines is 1. The normalized spacial score (nSPS) is 18.9. The minimum Gasteiger partial charge on any atom is -0.479 e. The fourth-order valence-corrected chi connectivity index (χ4v) is 2.65. The monoisotopic (exact) mass is 266 g/mol. The number of rotatable bonds is 3. The van der Waals surface area contributed by atoms with Crippen molar-refractivity contribution in [3.05, 3.63) is 18.2 Å². The Morgan fingerprint density at radius 1 is 1.50 bits per heavy atom. The highest BCUT2D eigenvalue weighted by Crippen LogP contribution is 2.37. The number of carbonyl (C=O) groups excluding carboxylic acids is 1. The van der Waals surface area contributed by atoms with Gasteiger partial charge < -0.3 is 15.8 Å². The minimum absolute atomic E-state index is 0.0267. The van der Waals surface area contributed by atoms with Crippen LogP contribution in [0.3, 0.4) is 0 Å². The molecule has 0 saturated carbocycles. The van der Waals surface area contributed by atoms with Gasteiger partial charge in [-0.15, -0.1) is 11.8 Å². The summed E-state index contributed by atoms with van der Waals surface area (Å²) in [5.41, 5.74) is 6.45. The van der Waals surface area contributed by atoms with E-state index < -0.39 is 6.10 Å². The lowest BCUT2D eigenvalue weighted by Gasteiger charge is -2.25. The van der Waals surface area contributed by atoms with Crippen molar-refractivity contribution in [2.75, 3.05) is 11.9 Å². The van der Waals surface area contributed by atoms with E-state index in [0.29, 0.717) is 6.54 Å². The molecule has 1 unspecified atom stereocenters. The van der Waals surface area contributed by atoms with E-state index in [1.165, 1.54) is 0 Å². The maximum Gasteiger partial charge on any atom is 0.265 e. The largest absolute Gasteiger partial charge is 0.479 e. The lowest BCUT2D eigenvalue weighted by molar-refractivity contribution is -0.122. The number of carbonyl (C=O) groups is 1. The first kappa shape index (κ1) is 13.2. The topological polar surface area (TPSA) is 64.3 Å². The molecule has 0 bridgehead atoms. The van der Waals surface area contributed by atoms with Crippen molar-refractivity contribution in [1.29, 1.82) is 0 Å². The van der Waals surface area contributed by atoms with E-state index in [2.05, 4.69) is 19.2 Å². The van der Waals surface area contributed by atoms with Crippen molar-refractivity contribution in [3.8, 4) is 5.75 Å². The molecular formula is C13H18N2O2S. The Kier molecular flexibility index (Phi) is 3.54. The molecule has 0 aliphatic carbocycles. The van der Waals surface area contributed by atoms with Crippen molar-refractivity contribution >= 4 is 23.4 Å². The maximum absolute atomic E-state index is 11.5. The molecule has 3 N–H and O–H groups in total. The molecule has 1 heterocycles. The molecule has 1 atom stereocenters. The number of benzene rings is 1. The number of fused-ring (bicyclic) bond motifs is 1. The number of hydrogen-bond acceptors (Lipinski definition) is 4. The quantitative estimate of drug-likeness (QED) is 0.824. The molecule has 1 aromatic carbocycles. The minimum atomic E-state index is -0.434. The van der Waals surface area contributed by atoms with Crippen LogP contribution in [-0.4, -0.2) is 23.3 Å². The van der Waals surface area contributed by atoms with Crippen LogP contribution in [0.15, 0.2) is 23.1 Å². The van der Waals surface area contributed by atoms with Gasteiger partial charge in [-0.25, -0.2) is 0 Å². The zero-order valence-corrected chi connectivity index (χ0v) is 11.6. The van der Waals surface area contributed by atoms with Gasteiger partial charge in [-0.1, -0.05) is 0 Å². The standard InChI is InChI=1S/C13H18N2O2S/c1-8-12(16)15-10-6-9(4-5-11(10)17-8)18-13(2,3)7-14/h4-6,8H,7,14H2,1-3H3,(H,15,16). The van der Waals surface area contributed by atoms with Crippen LogP contribution in [0.5, 0.6) is 5.75 Å². The van der Waals surface area contributed by atoms with E-state index >= 15 is 0 Å². The van der Waals surface area contributed by atoms with Crippen LogP contribution in [0.4, 0.5) is 5.69 Å². The summed E-state index contributed by atoms with van der Waals surface area (Å²) in [7, 11) is 0. The summed E-state index contributed by atoms with van der Waals surface area (Å²) in [6.07, 6.45) is -0.434. The van der Waals surface area contributed by atoms with E-state index in [9.17, 15) is 4.79 Å². The molecule has 18 heavy (non-hydrogen) atoms. The molecule has 0 spiro atoms. The van der Waals surface area contributed by atoms with Gasteiger partial charge in [-0.05, 0) is 39.0 Å². The van der Waals surface area contributed by atoms with Crippen molar-refractivity contribution in [3.63, 3.8) is 0 Å². The number of amides is 1. The average Bonchev–Trinajstić information content (AvgIpc) is 2.31. The third-order valence-electron chi connectivity index (χ3n) is 2.77. The van der Waals surface area contributed by atoms with E-state index in [-0.39, 0.29) is 10.7 Å². The van der Waals surface area contributed by atoms with Gasteiger partial charge in [0.15, 0.2) is 6.10 Å². The van der Waals surface area contributed by atoms with Crippen molar-refractivity contribution in [1.82, 2.24) is 0 Å². The smallest absolute Gasteiger partial charge is 0.265 e. The van der Waals surface area contributed by atoms with E-state index in [4.69, 9.17) is 10.5 Å². The lowest BCUT2D eigenvalue weighted by Crippen LogP contribution is -2.34. The first-order valence-corrected chi connectivity index (χ1v) is 6.73. The summed E-state index contributed by atoms with van der Waals surface area (Å²) in [6.45, 7) is 6.51. The summed E-state index contributed by atoms with van der Waals surface area (Å²) in [5.74, 6) is 0.611. The Balaban J connectivity index is 2.23. The third-order valence-corrected chi connectivity index (χ3v) is 3.98. The van der Waals surface area contributed by atoms with Gasteiger partial charge in [0, 0.05) is 16.2 Å². The third kappa shape index (κ3) is 2.79. The Labute approximate surface area is 111 Å². The molecule has 2 rings (SSSR count). The van der Waals surface area contributed by atoms with Gasteiger partial charge >= 0.3 is 0 Å². The van der Waals surface area contributed by atoms with Gasteiger partial charge in [0.05, 0.1) is 5.69 Å². The zero-order valence-electron chi connectivity index (χ0n) is 10.8. The van der Waals surface area contributed by atoms with Crippen LogP contribution < -0.4 is 15.8 Å². The first-order valence-electron chi connectivity index (χ1n) is 5.92. The highest BCUT2D eigenvalue weighted by Gasteiger charge is 2.24. The van der Waals surface area contributed by atoms with Crippen LogP contribution in [0.1, 0.15) is 20.8 Å². The summed E-state index contributed by atoms with van der Waals surface area (Å²) < 4.78 is 5.48. The Morgan fingerprint density at radius 2 is 2.22 bits per heavy atom. The molecule has 4 nitrogen and oxygen atoms in total. The molecular weight excluding hydrogens is 248 g/mol. The van der Waals surface area contributed by atoms with Crippen LogP contribution in [0.2, 0.25) is 0 Å². The predicted molar refractivity (Wildman–Crippen MR) is 74.2 cm³/mol. The molecule has 5 heteroatoms. The number of hydrogen-bond donors (Lipinski definition) is 2. The molecule has 0 fully saturated rings. The summed E-state index contributed by atoms with van der Waals surface area (Å²) in [6, 6.07) is 5.81. The lowest BCUT2D eigenvalue weighted by atomic mass is 10.2. The van der Waals surface area contributed by atoms with Crippen LogP contribution >= 0.6 is 11.8 Å². The fourth-order valence-electron chi connectivity index (χ4n) is 1.61. The second-order valence-electron chi connectivity index (χ2n) is 4.97. The van der Waals surface area contributed by atoms with E-state index in [0.717, 1.165) is 16.3 Å². The summed E-state index contributed by atoms with van der Waals surface area (Å²) in [5, 5.41) is 2.85. The van der Waals surface area contributed by atoms with Crippen molar-refractivity contribution in [2.45, 2.75) is 36.5 Å². The van der Waals surface area contributed by atoms with Crippen molar-refractivity contribution < 1.29 is 9.53 Å². The molecule has 0 aromatic heterocycles. The number of thioether (sulfide) groups is 1. The molecule has 0 saturated heterocycles. The molecule has 98 valence electrons. The first-order chi connectivity index (χ1) is 8.41. The van der Waals surface area contributed by atoms with Gasteiger partial charge in [-0.2, -0.15) is 0 Å². The van der Waals surface area contributed by atoms with E-state index in [1.54, 1.807) is 18.7 Å². The highest BCUT2D eigenvalue weighted by atomic mass is 32.2. The Bertz CT molecular complexity index is 474. The molecule has 0 radical (unpaired) electrons. The maximum atomic E-state index is 11.5. The number of nitrogens with two attached hydrogens (primary N) is 1. The SMILES string of the molecule is CC1Oc2ccc(SC(C)(C)CN)cc2NC1=O. The van der Waals surface area contributed by atoms with Gasteiger partial charge in [0.2, 0.25) is 0 Å². The van der Waals surface area contributed by atoms with Crippen molar-refractivity contribution in [2.24, 2.45) is 5.73 Å². The molecule has 1 amide bonds. The fraction of sp³-hybridized carbons (Fsp3) is 0.462. The Morgan fingerprint density at radius 3 is 2.89 bits per heavy atom. The molecule has 1 aliphatic rings. The van der Waals surface area contributed by atoms with Gasteiger partial charge in [0.25, 0.3) is 5.91 Å². The Hall–Kier alpha value is -1.20. The predicted octanol–water partition coefficient (Wildman–Crippen LogP) is 2.24.